The highest BCUT2D eigenvalue weighted by Crippen LogP contribution is 2.37. The number of hydrogen-bond donors (Lipinski definition) is 0. The third-order valence-electron chi connectivity index (χ3n) is 4.17. The second-order valence-electron chi connectivity index (χ2n) is 5.84. The van der Waals surface area contributed by atoms with Crippen molar-refractivity contribution in [3.63, 3.8) is 0 Å². The first-order chi connectivity index (χ1) is 12.7. The summed E-state index contributed by atoms with van der Waals surface area (Å²) in [5.41, 5.74) is -0.560. The van der Waals surface area contributed by atoms with E-state index in [1.165, 1.54) is 23.1 Å². The molecule has 1 aliphatic rings. The van der Waals surface area contributed by atoms with E-state index in [-0.39, 0.29) is 23.9 Å². The van der Waals surface area contributed by atoms with Crippen molar-refractivity contribution in [3.05, 3.63) is 56.8 Å². The van der Waals surface area contributed by atoms with E-state index < -0.39 is 28.5 Å². The molecule has 0 saturated carbocycles. The molecule has 2 aromatic rings. The zero-order valence-corrected chi connectivity index (χ0v) is 14.5. The van der Waals surface area contributed by atoms with Crippen molar-refractivity contribution in [2.45, 2.75) is 6.18 Å². The summed E-state index contributed by atoms with van der Waals surface area (Å²) in [6, 6.07) is 5.98. The maximum atomic E-state index is 13.0. The second-order valence-corrected chi connectivity index (χ2v) is 6.24. The molecule has 27 heavy (non-hydrogen) atoms. The van der Waals surface area contributed by atoms with Gasteiger partial charge in [-0.25, -0.2) is 0 Å². The zero-order chi connectivity index (χ0) is 19.8. The number of amides is 1. The number of carbonyl (C=O) groups excluding carboxylic acids is 1. The highest BCUT2D eigenvalue weighted by atomic mass is 35.5. The van der Waals surface area contributed by atoms with E-state index in [4.69, 9.17) is 16.0 Å². The topological polar surface area (TPSA) is 79.8 Å². The van der Waals surface area contributed by atoms with Gasteiger partial charge >= 0.3 is 12.1 Å². The molecule has 7 nitrogen and oxygen atoms in total. The molecular formula is C16H13ClF3N3O4. The Bertz CT molecular complexity index is 876. The molecule has 1 aromatic heterocycles. The lowest BCUT2D eigenvalue weighted by molar-refractivity contribution is -0.402. The van der Waals surface area contributed by atoms with Crippen molar-refractivity contribution in [3.8, 4) is 0 Å². The number of halogens is 4. The Hall–Kier alpha value is -2.75. The maximum Gasteiger partial charge on any atom is 0.433 e. The molecule has 11 heteroatoms. The van der Waals surface area contributed by atoms with Gasteiger partial charge in [-0.15, -0.1) is 0 Å². The van der Waals surface area contributed by atoms with Gasteiger partial charge in [-0.05, 0) is 24.3 Å². The molecule has 1 aliphatic heterocycles. The molecule has 144 valence electrons. The molecule has 0 radical (unpaired) electrons. The number of rotatable bonds is 3. The Morgan fingerprint density at radius 1 is 1.15 bits per heavy atom. The van der Waals surface area contributed by atoms with E-state index >= 15 is 0 Å². The normalized spacial score (nSPS) is 15.1. The molecule has 0 spiro atoms. The standard InChI is InChI=1S/C16H13ClF3N3O4/c17-12-2-1-10(9-11(12)16(18,19)20)21-5-7-22(8-6-21)15(24)13-3-4-14(27-13)23(25)26/h1-4,9H,5-8H2. The number of furan rings is 1. The average Bonchev–Trinajstić information content (AvgIpc) is 3.11. The summed E-state index contributed by atoms with van der Waals surface area (Å²) in [6.45, 7) is 1.07. The fraction of sp³-hybridized carbons (Fsp3) is 0.312. The third kappa shape index (κ3) is 4.00. The van der Waals surface area contributed by atoms with Crippen LogP contribution < -0.4 is 4.90 Å². The summed E-state index contributed by atoms with van der Waals surface area (Å²) in [5, 5.41) is 10.3. The van der Waals surface area contributed by atoms with Gasteiger partial charge < -0.3 is 14.2 Å². The number of alkyl halides is 3. The maximum absolute atomic E-state index is 13.0. The highest BCUT2D eigenvalue weighted by molar-refractivity contribution is 6.31. The summed E-state index contributed by atoms with van der Waals surface area (Å²) < 4.78 is 43.9. The highest BCUT2D eigenvalue weighted by Gasteiger charge is 2.34. The number of piperazine rings is 1. The summed E-state index contributed by atoms with van der Waals surface area (Å²) >= 11 is 5.63. The van der Waals surface area contributed by atoms with Gasteiger partial charge in [0.1, 0.15) is 4.92 Å². The van der Waals surface area contributed by atoms with Gasteiger partial charge in [0, 0.05) is 31.9 Å². The number of benzene rings is 1. The summed E-state index contributed by atoms with van der Waals surface area (Å²) in [5.74, 6) is -1.19. The second kappa shape index (κ2) is 7.10. The van der Waals surface area contributed by atoms with Crippen LogP contribution in [0.2, 0.25) is 5.02 Å². The van der Waals surface area contributed by atoms with Crippen LogP contribution in [0, 0.1) is 10.1 Å². The Morgan fingerprint density at radius 3 is 2.37 bits per heavy atom. The van der Waals surface area contributed by atoms with Crippen molar-refractivity contribution >= 4 is 29.1 Å². The number of hydrogen-bond acceptors (Lipinski definition) is 5. The molecule has 2 heterocycles. The van der Waals surface area contributed by atoms with Crippen molar-refractivity contribution in [2.75, 3.05) is 31.1 Å². The van der Waals surface area contributed by atoms with Crippen LogP contribution in [0.1, 0.15) is 16.1 Å². The van der Waals surface area contributed by atoms with Crippen molar-refractivity contribution in [1.29, 1.82) is 0 Å². The molecular weight excluding hydrogens is 391 g/mol. The van der Waals surface area contributed by atoms with Crippen LogP contribution in [0.25, 0.3) is 0 Å². The van der Waals surface area contributed by atoms with Gasteiger partial charge in [0.2, 0.25) is 0 Å². The SMILES string of the molecule is O=C(c1ccc([N+](=O)[O-])o1)N1CCN(c2ccc(Cl)c(C(F)(F)F)c2)CC1. The number of nitro groups is 1. The van der Waals surface area contributed by atoms with Crippen LogP contribution in [0.4, 0.5) is 24.7 Å². The van der Waals surface area contributed by atoms with Gasteiger partial charge in [0.25, 0.3) is 5.91 Å². The van der Waals surface area contributed by atoms with Gasteiger partial charge in [-0.1, -0.05) is 11.6 Å². The van der Waals surface area contributed by atoms with Crippen LogP contribution in [0.5, 0.6) is 0 Å². The van der Waals surface area contributed by atoms with Gasteiger partial charge in [-0.3, -0.25) is 14.9 Å². The van der Waals surface area contributed by atoms with Crippen LogP contribution >= 0.6 is 11.6 Å². The lowest BCUT2D eigenvalue weighted by Gasteiger charge is -2.36. The Kier molecular flexibility index (Phi) is 5.01. The quantitative estimate of drug-likeness (QED) is 0.575. The fourth-order valence-electron chi connectivity index (χ4n) is 2.79. The van der Waals surface area contributed by atoms with Crippen LogP contribution in [0.3, 0.4) is 0 Å². The lowest BCUT2D eigenvalue weighted by atomic mass is 10.1. The van der Waals surface area contributed by atoms with Crippen molar-refractivity contribution in [1.82, 2.24) is 4.90 Å². The molecule has 1 aromatic carbocycles. The molecule has 0 aliphatic carbocycles. The first kappa shape index (κ1) is 19.0. The van der Waals surface area contributed by atoms with E-state index in [9.17, 15) is 28.1 Å². The first-order valence-electron chi connectivity index (χ1n) is 7.82. The molecule has 3 rings (SSSR count). The minimum atomic E-state index is -4.56. The predicted molar refractivity (Wildman–Crippen MR) is 89.9 cm³/mol. The van der Waals surface area contributed by atoms with Gasteiger partial charge in [0.05, 0.1) is 16.7 Å². The van der Waals surface area contributed by atoms with Crippen LogP contribution in [-0.2, 0) is 6.18 Å². The molecule has 1 amide bonds. The van der Waals surface area contributed by atoms with E-state index in [0.29, 0.717) is 18.8 Å². The van der Waals surface area contributed by atoms with Gasteiger partial charge in [-0.2, -0.15) is 13.2 Å². The molecule has 0 N–H and O–H groups in total. The molecule has 0 atom stereocenters. The molecule has 0 unspecified atom stereocenters. The van der Waals surface area contributed by atoms with E-state index in [1.807, 2.05) is 0 Å². The molecule has 1 saturated heterocycles. The zero-order valence-electron chi connectivity index (χ0n) is 13.7. The molecule has 1 fully saturated rings. The fourth-order valence-corrected chi connectivity index (χ4v) is 3.02. The minimum absolute atomic E-state index is 0.152. The Morgan fingerprint density at radius 2 is 1.81 bits per heavy atom. The van der Waals surface area contributed by atoms with Crippen LogP contribution in [-0.4, -0.2) is 41.9 Å². The van der Waals surface area contributed by atoms with E-state index in [0.717, 1.165) is 12.1 Å². The third-order valence-corrected chi connectivity index (χ3v) is 4.50. The Labute approximate surface area is 156 Å². The average molecular weight is 404 g/mol. The first-order valence-corrected chi connectivity index (χ1v) is 8.20. The summed E-state index contributed by atoms with van der Waals surface area (Å²) in [4.78, 5) is 25.4. The lowest BCUT2D eigenvalue weighted by Crippen LogP contribution is -2.48. The monoisotopic (exact) mass is 403 g/mol. The van der Waals surface area contributed by atoms with Crippen LogP contribution in [0.15, 0.2) is 34.7 Å². The predicted octanol–water partition coefficient (Wildman–Crippen LogP) is 3.82. The van der Waals surface area contributed by atoms with E-state index in [1.54, 1.807) is 4.90 Å². The van der Waals surface area contributed by atoms with E-state index in [2.05, 4.69) is 0 Å². The Balaban J connectivity index is 1.68. The largest absolute Gasteiger partial charge is 0.433 e. The summed E-state index contributed by atoms with van der Waals surface area (Å²) in [7, 11) is 0. The number of nitrogens with zero attached hydrogens (tertiary/aromatic N) is 3. The number of anilines is 1. The molecule has 0 bridgehead atoms. The minimum Gasteiger partial charge on any atom is -0.395 e. The van der Waals surface area contributed by atoms with Crippen molar-refractivity contribution < 1.29 is 27.3 Å². The number of carbonyl (C=O) groups is 1. The smallest absolute Gasteiger partial charge is 0.395 e. The van der Waals surface area contributed by atoms with Gasteiger partial charge in [0.15, 0.2) is 5.76 Å². The van der Waals surface area contributed by atoms with Crippen molar-refractivity contribution in [2.24, 2.45) is 0 Å². The summed E-state index contributed by atoms with van der Waals surface area (Å²) in [6.07, 6.45) is -4.56.